The van der Waals surface area contributed by atoms with Crippen LogP contribution in [0.1, 0.15) is 5.56 Å². The maximum absolute atomic E-state index is 11.3. The lowest BCUT2D eigenvalue weighted by atomic mass is 10.2. The van der Waals surface area contributed by atoms with Crippen molar-refractivity contribution in [1.29, 1.82) is 0 Å². The van der Waals surface area contributed by atoms with Crippen LogP contribution < -0.4 is 11.1 Å². The monoisotopic (exact) mass is 240 g/mol. The number of carbonyl (C=O) groups is 1. The van der Waals surface area contributed by atoms with Crippen molar-refractivity contribution in [3.8, 4) is 0 Å². The molecule has 0 aliphatic carbocycles. The largest absolute Gasteiger partial charge is 0.394 e. The van der Waals surface area contributed by atoms with Gasteiger partial charge in [0.05, 0.1) is 6.61 Å². The molecule has 5 heteroatoms. The molecule has 1 rings (SSSR count). The van der Waals surface area contributed by atoms with Crippen LogP contribution in [0.15, 0.2) is 29.2 Å². The highest BCUT2D eigenvalue weighted by molar-refractivity contribution is 7.98. The van der Waals surface area contributed by atoms with E-state index in [9.17, 15) is 4.79 Å². The summed E-state index contributed by atoms with van der Waals surface area (Å²) in [4.78, 5) is 12.5. The Morgan fingerprint density at radius 1 is 1.56 bits per heavy atom. The van der Waals surface area contributed by atoms with E-state index in [2.05, 4.69) is 5.32 Å². The number of rotatable bonds is 5. The van der Waals surface area contributed by atoms with Gasteiger partial charge >= 0.3 is 0 Å². The standard InChI is InChI=1S/C11H16N2O2S/c1-16-10-5-3-2-4-8(10)6-13-11(15)9(12)7-14/h2-5,9,14H,6-7,12H2,1H3,(H,13,15). The number of benzene rings is 1. The fraction of sp³-hybridized carbons (Fsp3) is 0.364. The number of thioether (sulfide) groups is 1. The zero-order chi connectivity index (χ0) is 12.0. The molecule has 0 aliphatic heterocycles. The highest BCUT2D eigenvalue weighted by Gasteiger charge is 2.11. The van der Waals surface area contributed by atoms with Gasteiger partial charge in [-0.25, -0.2) is 0 Å². The van der Waals surface area contributed by atoms with Crippen molar-refractivity contribution in [2.75, 3.05) is 12.9 Å². The van der Waals surface area contributed by atoms with Crippen molar-refractivity contribution in [3.63, 3.8) is 0 Å². The van der Waals surface area contributed by atoms with Crippen LogP contribution in [0.4, 0.5) is 0 Å². The number of amides is 1. The normalized spacial score (nSPS) is 12.2. The average molecular weight is 240 g/mol. The van der Waals surface area contributed by atoms with Crippen molar-refractivity contribution in [1.82, 2.24) is 5.32 Å². The van der Waals surface area contributed by atoms with Crippen LogP contribution in [0.25, 0.3) is 0 Å². The van der Waals surface area contributed by atoms with Gasteiger partial charge in [0.15, 0.2) is 0 Å². The van der Waals surface area contributed by atoms with E-state index in [4.69, 9.17) is 10.8 Å². The first kappa shape index (κ1) is 13.0. The second-order valence-electron chi connectivity index (χ2n) is 3.32. The van der Waals surface area contributed by atoms with Crippen LogP contribution in [0.3, 0.4) is 0 Å². The molecule has 0 aliphatic rings. The van der Waals surface area contributed by atoms with Crippen molar-refractivity contribution < 1.29 is 9.90 Å². The highest BCUT2D eigenvalue weighted by atomic mass is 32.2. The molecule has 0 saturated heterocycles. The van der Waals surface area contributed by atoms with E-state index in [0.717, 1.165) is 10.5 Å². The van der Waals surface area contributed by atoms with Crippen LogP contribution in [-0.4, -0.2) is 29.9 Å². The lowest BCUT2D eigenvalue weighted by Crippen LogP contribution is -2.42. The Kier molecular flexibility index (Phi) is 5.31. The first-order valence-electron chi connectivity index (χ1n) is 4.95. The second kappa shape index (κ2) is 6.52. The smallest absolute Gasteiger partial charge is 0.239 e. The van der Waals surface area contributed by atoms with E-state index in [-0.39, 0.29) is 12.5 Å². The molecular formula is C11H16N2O2S. The van der Waals surface area contributed by atoms with Gasteiger partial charge in [-0.3, -0.25) is 4.79 Å². The summed E-state index contributed by atoms with van der Waals surface area (Å²) in [7, 11) is 0. The van der Waals surface area contributed by atoms with Gasteiger partial charge in [-0.05, 0) is 17.9 Å². The van der Waals surface area contributed by atoms with Crippen LogP contribution in [-0.2, 0) is 11.3 Å². The molecule has 1 atom stereocenters. The predicted octanol–water partition coefficient (Wildman–Crippen LogP) is 0.344. The quantitative estimate of drug-likeness (QED) is 0.649. The van der Waals surface area contributed by atoms with Crippen LogP contribution in [0.2, 0.25) is 0 Å². The zero-order valence-corrected chi connectivity index (χ0v) is 9.96. The Bertz CT molecular complexity index is 358. The summed E-state index contributed by atoms with van der Waals surface area (Å²) >= 11 is 1.63. The average Bonchev–Trinajstić information content (AvgIpc) is 2.35. The molecule has 4 nitrogen and oxygen atoms in total. The molecule has 1 aromatic rings. The minimum Gasteiger partial charge on any atom is -0.394 e. The Balaban J connectivity index is 2.57. The van der Waals surface area contributed by atoms with Gasteiger partial charge < -0.3 is 16.2 Å². The third-order valence-corrected chi connectivity index (χ3v) is 3.02. The number of hydrogen-bond donors (Lipinski definition) is 3. The number of hydrogen-bond acceptors (Lipinski definition) is 4. The van der Waals surface area contributed by atoms with E-state index in [1.54, 1.807) is 11.8 Å². The molecule has 4 N–H and O–H groups in total. The van der Waals surface area contributed by atoms with E-state index in [1.165, 1.54) is 0 Å². The van der Waals surface area contributed by atoms with Crippen LogP contribution in [0, 0.1) is 0 Å². The van der Waals surface area contributed by atoms with Crippen molar-refractivity contribution in [2.24, 2.45) is 5.73 Å². The van der Waals surface area contributed by atoms with Crippen LogP contribution >= 0.6 is 11.8 Å². The highest BCUT2D eigenvalue weighted by Crippen LogP contribution is 2.19. The lowest BCUT2D eigenvalue weighted by Gasteiger charge is -2.11. The third kappa shape index (κ3) is 3.52. The minimum absolute atomic E-state index is 0.335. The Morgan fingerprint density at radius 2 is 2.25 bits per heavy atom. The first-order valence-corrected chi connectivity index (χ1v) is 6.17. The summed E-state index contributed by atoms with van der Waals surface area (Å²) in [6.07, 6.45) is 1.99. The maximum Gasteiger partial charge on any atom is 0.239 e. The van der Waals surface area contributed by atoms with Gasteiger partial charge in [0.25, 0.3) is 0 Å². The SMILES string of the molecule is CSc1ccccc1CNC(=O)C(N)CO. The van der Waals surface area contributed by atoms with Crippen LogP contribution in [0.5, 0.6) is 0 Å². The maximum atomic E-state index is 11.3. The number of nitrogens with one attached hydrogen (secondary N) is 1. The van der Waals surface area contributed by atoms with Crippen molar-refractivity contribution >= 4 is 17.7 Å². The van der Waals surface area contributed by atoms with E-state index in [1.807, 2.05) is 30.5 Å². The van der Waals surface area contributed by atoms with Gasteiger partial charge in [0, 0.05) is 11.4 Å². The molecule has 0 heterocycles. The lowest BCUT2D eigenvalue weighted by molar-refractivity contribution is -0.123. The molecule has 1 unspecified atom stereocenters. The molecule has 0 aromatic heterocycles. The number of aliphatic hydroxyl groups is 1. The van der Waals surface area contributed by atoms with E-state index >= 15 is 0 Å². The van der Waals surface area contributed by atoms with Crippen molar-refractivity contribution in [2.45, 2.75) is 17.5 Å². The molecule has 0 saturated carbocycles. The Hall–Kier alpha value is -1.04. The topological polar surface area (TPSA) is 75.4 Å². The number of carbonyl (C=O) groups excluding carboxylic acids is 1. The Labute approximate surface area is 99.2 Å². The van der Waals surface area contributed by atoms with Gasteiger partial charge in [0.2, 0.25) is 5.91 Å². The number of aliphatic hydroxyl groups excluding tert-OH is 1. The minimum atomic E-state index is -0.846. The molecule has 0 fully saturated rings. The number of nitrogens with two attached hydrogens (primary N) is 1. The summed E-state index contributed by atoms with van der Waals surface area (Å²) in [5.41, 5.74) is 6.43. The van der Waals surface area contributed by atoms with Gasteiger partial charge in [0.1, 0.15) is 6.04 Å². The summed E-state index contributed by atoms with van der Waals surface area (Å²) < 4.78 is 0. The van der Waals surface area contributed by atoms with Gasteiger partial charge in [-0.1, -0.05) is 18.2 Å². The summed E-state index contributed by atoms with van der Waals surface area (Å²) in [5.74, 6) is -0.335. The fourth-order valence-corrected chi connectivity index (χ4v) is 1.86. The first-order chi connectivity index (χ1) is 7.69. The van der Waals surface area contributed by atoms with Crippen molar-refractivity contribution in [3.05, 3.63) is 29.8 Å². The second-order valence-corrected chi connectivity index (χ2v) is 4.17. The molecule has 1 aromatic carbocycles. The van der Waals surface area contributed by atoms with E-state index < -0.39 is 6.04 Å². The fourth-order valence-electron chi connectivity index (χ4n) is 1.25. The van der Waals surface area contributed by atoms with Gasteiger partial charge in [-0.2, -0.15) is 0 Å². The van der Waals surface area contributed by atoms with Gasteiger partial charge in [-0.15, -0.1) is 11.8 Å². The zero-order valence-electron chi connectivity index (χ0n) is 9.14. The molecule has 1 amide bonds. The Morgan fingerprint density at radius 3 is 2.88 bits per heavy atom. The molecule has 0 bridgehead atoms. The molecule has 0 spiro atoms. The van der Waals surface area contributed by atoms with E-state index in [0.29, 0.717) is 6.54 Å². The molecule has 16 heavy (non-hydrogen) atoms. The molecular weight excluding hydrogens is 224 g/mol. The summed E-state index contributed by atoms with van der Waals surface area (Å²) in [5, 5.41) is 11.4. The summed E-state index contributed by atoms with van der Waals surface area (Å²) in [6.45, 7) is 0.0968. The summed E-state index contributed by atoms with van der Waals surface area (Å²) in [6, 6.07) is 6.99. The third-order valence-electron chi connectivity index (χ3n) is 2.18. The molecule has 0 radical (unpaired) electrons. The predicted molar refractivity (Wildman–Crippen MR) is 65.1 cm³/mol. The molecule has 88 valence electrons.